The minimum atomic E-state index is 0.283. The first kappa shape index (κ1) is 12.3. The van der Waals surface area contributed by atoms with E-state index < -0.39 is 0 Å². The molecule has 0 amide bonds. The summed E-state index contributed by atoms with van der Waals surface area (Å²) in [4.78, 5) is 8.71. The van der Waals surface area contributed by atoms with Gasteiger partial charge in [0.05, 0.1) is 13.2 Å². The van der Waals surface area contributed by atoms with Crippen LogP contribution in [0.1, 0.15) is 44.3 Å². The Kier molecular flexibility index (Phi) is 4.31. The third-order valence-corrected chi connectivity index (χ3v) is 3.47. The van der Waals surface area contributed by atoms with E-state index in [4.69, 9.17) is 4.74 Å². The molecule has 17 heavy (non-hydrogen) atoms. The maximum absolute atomic E-state index is 5.32. The van der Waals surface area contributed by atoms with E-state index >= 15 is 0 Å². The fourth-order valence-corrected chi connectivity index (χ4v) is 2.70. The number of rotatable bonds is 5. The largest absolute Gasteiger partial charge is 0.480 e. The summed E-state index contributed by atoms with van der Waals surface area (Å²) in [6, 6.07) is 0.283. The topological polar surface area (TPSA) is 47.0 Å². The molecule has 1 saturated carbocycles. The van der Waals surface area contributed by atoms with Crippen molar-refractivity contribution in [1.29, 1.82) is 0 Å². The first-order valence-corrected chi connectivity index (χ1v) is 6.45. The number of ether oxygens (including phenoxy) is 1. The Morgan fingerprint density at radius 3 is 2.71 bits per heavy atom. The van der Waals surface area contributed by atoms with Gasteiger partial charge in [0.1, 0.15) is 5.69 Å². The Bertz CT molecular complexity index is 350. The predicted molar refractivity (Wildman–Crippen MR) is 67.0 cm³/mol. The minimum absolute atomic E-state index is 0.283. The van der Waals surface area contributed by atoms with Gasteiger partial charge in [-0.2, -0.15) is 0 Å². The normalized spacial score (nSPS) is 18.2. The zero-order chi connectivity index (χ0) is 12.1. The van der Waals surface area contributed by atoms with E-state index in [0.717, 1.165) is 12.2 Å². The molecule has 1 aromatic rings. The Morgan fingerprint density at radius 1 is 1.35 bits per heavy atom. The molecule has 2 rings (SSSR count). The zero-order valence-electron chi connectivity index (χ0n) is 10.6. The molecule has 4 nitrogen and oxygen atoms in total. The number of nitrogens with one attached hydrogen (secondary N) is 1. The minimum Gasteiger partial charge on any atom is -0.480 e. The molecule has 0 saturated heterocycles. The van der Waals surface area contributed by atoms with Crippen LogP contribution in [0.25, 0.3) is 0 Å². The third-order valence-electron chi connectivity index (χ3n) is 3.47. The zero-order valence-corrected chi connectivity index (χ0v) is 10.6. The second-order valence-corrected chi connectivity index (χ2v) is 4.53. The van der Waals surface area contributed by atoms with E-state index in [1.54, 1.807) is 19.5 Å². The highest BCUT2D eigenvalue weighted by Crippen LogP contribution is 2.37. The molecule has 1 aromatic heterocycles. The van der Waals surface area contributed by atoms with Crippen molar-refractivity contribution < 1.29 is 4.74 Å². The summed E-state index contributed by atoms with van der Waals surface area (Å²) in [5.74, 6) is 1.32. The molecule has 1 N–H and O–H groups in total. The summed E-state index contributed by atoms with van der Waals surface area (Å²) in [6.45, 7) is 3.08. The second kappa shape index (κ2) is 5.96. The highest BCUT2D eigenvalue weighted by molar-refractivity contribution is 5.22. The van der Waals surface area contributed by atoms with Gasteiger partial charge in [0.2, 0.25) is 5.88 Å². The van der Waals surface area contributed by atoms with Gasteiger partial charge in [0.15, 0.2) is 0 Å². The van der Waals surface area contributed by atoms with E-state index in [-0.39, 0.29) is 6.04 Å². The molecule has 1 unspecified atom stereocenters. The Labute approximate surface area is 103 Å². The van der Waals surface area contributed by atoms with Crippen molar-refractivity contribution in [3.8, 4) is 5.88 Å². The summed E-state index contributed by atoms with van der Waals surface area (Å²) in [5, 5.41) is 3.53. The quantitative estimate of drug-likeness (QED) is 0.851. The molecular formula is C13H21N3O. The van der Waals surface area contributed by atoms with Crippen molar-refractivity contribution in [3.05, 3.63) is 18.1 Å². The van der Waals surface area contributed by atoms with Gasteiger partial charge >= 0.3 is 0 Å². The molecule has 0 aromatic carbocycles. The molecular weight excluding hydrogens is 214 g/mol. The van der Waals surface area contributed by atoms with Crippen LogP contribution >= 0.6 is 0 Å². The molecule has 1 atom stereocenters. The molecule has 0 radical (unpaired) electrons. The van der Waals surface area contributed by atoms with E-state index in [9.17, 15) is 0 Å². The standard InChI is InChI=1S/C13H21N3O/c1-3-14-11(10-6-4-5-7-10)12-13(17-2)16-9-8-15-12/h8-11,14H,3-7H2,1-2H3. The number of hydrogen-bond acceptors (Lipinski definition) is 4. The maximum atomic E-state index is 5.32. The van der Waals surface area contributed by atoms with Crippen LogP contribution in [0.15, 0.2) is 12.4 Å². The molecule has 1 heterocycles. The summed E-state index contributed by atoms with van der Waals surface area (Å²) in [7, 11) is 1.66. The highest BCUT2D eigenvalue weighted by Gasteiger charge is 2.29. The summed E-state index contributed by atoms with van der Waals surface area (Å²) in [6.07, 6.45) is 8.64. The molecule has 1 aliphatic rings. The van der Waals surface area contributed by atoms with Gasteiger partial charge in [-0.3, -0.25) is 4.98 Å². The van der Waals surface area contributed by atoms with Crippen molar-refractivity contribution in [2.45, 2.75) is 38.6 Å². The number of methoxy groups -OCH3 is 1. The average Bonchev–Trinajstić information content (AvgIpc) is 2.89. The lowest BCUT2D eigenvalue weighted by Gasteiger charge is -2.24. The maximum Gasteiger partial charge on any atom is 0.237 e. The molecule has 0 bridgehead atoms. The first-order valence-electron chi connectivity index (χ1n) is 6.45. The van der Waals surface area contributed by atoms with Crippen molar-refractivity contribution >= 4 is 0 Å². The summed E-state index contributed by atoms with van der Waals surface area (Å²) >= 11 is 0. The van der Waals surface area contributed by atoms with Gasteiger partial charge in [0, 0.05) is 12.4 Å². The Hall–Kier alpha value is -1.16. The SMILES string of the molecule is CCNC(c1nccnc1OC)C1CCCC1. The molecule has 1 fully saturated rings. The average molecular weight is 235 g/mol. The molecule has 0 spiro atoms. The lowest BCUT2D eigenvalue weighted by atomic mass is 9.95. The summed E-state index contributed by atoms with van der Waals surface area (Å²) < 4.78 is 5.32. The van der Waals surface area contributed by atoms with Crippen LogP contribution in [-0.4, -0.2) is 23.6 Å². The second-order valence-electron chi connectivity index (χ2n) is 4.53. The van der Waals surface area contributed by atoms with Gasteiger partial charge < -0.3 is 10.1 Å². The van der Waals surface area contributed by atoms with Crippen molar-refractivity contribution in [3.63, 3.8) is 0 Å². The summed E-state index contributed by atoms with van der Waals surface area (Å²) in [5.41, 5.74) is 0.962. The van der Waals surface area contributed by atoms with Crippen molar-refractivity contribution in [1.82, 2.24) is 15.3 Å². The number of nitrogens with zero attached hydrogens (tertiary/aromatic N) is 2. The monoisotopic (exact) mass is 235 g/mol. The van der Waals surface area contributed by atoms with Crippen LogP contribution in [0, 0.1) is 5.92 Å². The van der Waals surface area contributed by atoms with Crippen LogP contribution in [0.3, 0.4) is 0 Å². The van der Waals surface area contributed by atoms with Crippen molar-refractivity contribution in [2.75, 3.05) is 13.7 Å². The number of aromatic nitrogens is 2. The van der Waals surface area contributed by atoms with E-state index in [2.05, 4.69) is 22.2 Å². The van der Waals surface area contributed by atoms with Gasteiger partial charge in [-0.25, -0.2) is 4.98 Å². The Balaban J connectivity index is 2.24. The fourth-order valence-electron chi connectivity index (χ4n) is 2.70. The molecule has 0 aliphatic heterocycles. The van der Waals surface area contributed by atoms with Crippen LogP contribution in [0.2, 0.25) is 0 Å². The predicted octanol–water partition coefficient (Wildman–Crippen LogP) is 2.33. The fraction of sp³-hybridized carbons (Fsp3) is 0.692. The molecule has 4 heteroatoms. The van der Waals surface area contributed by atoms with E-state index in [0.29, 0.717) is 11.8 Å². The number of hydrogen-bond donors (Lipinski definition) is 1. The van der Waals surface area contributed by atoms with Gasteiger partial charge in [0.25, 0.3) is 0 Å². The lowest BCUT2D eigenvalue weighted by Crippen LogP contribution is -2.28. The Morgan fingerprint density at radius 2 is 2.06 bits per heavy atom. The van der Waals surface area contributed by atoms with Crippen LogP contribution in [0.5, 0.6) is 5.88 Å². The third kappa shape index (κ3) is 2.75. The van der Waals surface area contributed by atoms with Crippen LogP contribution in [0.4, 0.5) is 0 Å². The molecule has 94 valence electrons. The van der Waals surface area contributed by atoms with Gasteiger partial charge in [-0.05, 0) is 25.3 Å². The lowest BCUT2D eigenvalue weighted by molar-refractivity contribution is 0.333. The smallest absolute Gasteiger partial charge is 0.237 e. The van der Waals surface area contributed by atoms with Crippen LogP contribution in [-0.2, 0) is 0 Å². The van der Waals surface area contributed by atoms with Gasteiger partial charge in [-0.1, -0.05) is 19.8 Å². The van der Waals surface area contributed by atoms with E-state index in [1.165, 1.54) is 25.7 Å². The first-order chi connectivity index (χ1) is 8.36. The van der Waals surface area contributed by atoms with Gasteiger partial charge in [-0.15, -0.1) is 0 Å². The van der Waals surface area contributed by atoms with E-state index in [1.807, 2.05) is 0 Å². The highest BCUT2D eigenvalue weighted by atomic mass is 16.5. The van der Waals surface area contributed by atoms with Crippen LogP contribution < -0.4 is 10.1 Å². The molecule has 1 aliphatic carbocycles. The van der Waals surface area contributed by atoms with Crippen molar-refractivity contribution in [2.24, 2.45) is 5.92 Å².